The van der Waals surface area contributed by atoms with Crippen molar-refractivity contribution in [1.29, 1.82) is 0 Å². The van der Waals surface area contributed by atoms with Gasteiger partial charge in [-0.25, -0.2) is 5.84 Å². The maximum Gasteiger partial charge on any atom is 0.248 e. The third kappa shape index (κ3) is 4.54. The van der Waals surface area contributed by atoms with Crippen LogP contribution < -0.4 is 30.8 Å². The van der Waals surface area contributed by atoms with Crippen molar-refractivity contribution in [2.75, 3.05) is 33.2 Å². The standard InChI is InChI=1S/C25H27BrN4O4/c1-32-20-11-16(12-21(33-2)24(20)34-3)25-28-19-10-9-17(26)13-18(19)23(15-7-5-4-6-8-15)30(25)14-22(31)29-27/h4-13,23,25,28H,14,27H2,1-3H3,(H,29,31)/t23-,25-/m1/s1. The number of anilines is 1. The lowest BCUT2D eigenvalue weighted by molar-refractivity contribution is -0.123. The zero-order valence-corrected chi connectivity index (χ0v) is 20.8. The van der Waals surface area contributed by atoms with Gasteiger partial charge in [0.1, 0.15) is 6.17 Å². The van der Waals surface area contributed by atoms with Gasteiger partial charge in [-0.3, -0.25) is 15.1 Å². The quantitative estimate of drug-likeness (QED) is 0.243. The lowest BCUT2D eigenvalue weighted by atomic mass is 9.91. The number of ether oxygens (including phenoxy) is 3. The third-order valence-electron chi connectivity index (χ3n) is 5.87. The number of hydrazine groups is 1. The van der Waals surface area contributed by atoms with Gasteiger partial charge in [0.15, 0.2) is 11.5 Å². The highest BCUT2D eigenvalue weighted by molar-refractivity contribution is 9.10. The second kappa shape index (κ2) is 10.3. The van der Waals surface area contributed by atoms with Crippen LogP contribution >= 0.6 is 15.9 Å². The minimum absolute atomic E-state index is 0.0519. The number of nitrogens with one attached hydrogen (secondary N) is 2. The zero-order chi connectivity index (χ0) is 24.2. The Morgan fingerprint density at radius 2 is 1.68 bits per heavy atom. The Morgan fingerprint density at radius 1 is 1.00 bits per heavy atom. The van der Waals surface area contributed by atoms with Crippen LogP contribution in [0.1, 0.15) is 28.9 Å². The van der Waals surface area contributed by atoms with Crippen molar-refractivity contribution >= 4 is 27.5 Å². The molecule has 0 aliphatic carbocycles. The molecule has 0 saturated carbocycles. The number of hydrogen-bond donors (Lipinski definition) is 3. The van der Waals surface area contributed by atoms with E-state index in [9.17, 15) is 4.79 Å². The summed E-state index contributed by atoms with van der Waals surface area (Å²) in [7, 11) is 4.72. The van der Waals surface area contributed by atoms with Crippen molar-refractivity contribution in [2.45, 2.75) is 12.2 Å². The first kappa shape index (κ1) is 23.9. The van der Waals surface area contributed by atoms with Crippen LogP contribution in [-0.4, -0.2) is 38.7 Å². The number of hydrogen-bond acceptors (Lipinski definition) is 7. The highest BCUT2D eigenvalue weighted by Crippen LogP contribution is 2.47. The summed E-state index contributed by atoms with van der Waals surface area (Å²) in [5.74, 6) is 6.74. The van der Waals surface area contributed by atoms with Crippen LogP contribution in [0.4, 0.5) is 5.69 Å². The van der Waals surface area contributed by atoms with Crippen molar-refractivity contribution < 1.29 is 19.0 Å². The highest BCUT2D eigenvalue weighted by atomic mass is 79.9. The summed E-state index contributed by atoms with van der Waals surface area (Å²) in [5.41, 5.74) is 6.15. The summed E-state index contributed by atoms with van der Waals surface area (Å²) in [6, 6.07) is 19.7. The lowest BCUT2D eigenvalue weighted by Crippen LogP contribution is -2.47. The Labute approximate surface area is 207 Å². The van der Waals surface area contributed by atoms with E-state index in [0.717, 1.165) is 26.9 Å². The molecule has 0 bridgehead atoms. The van der Waals surface area contributed by atoms with Gasteiger partial charge in [-0.15, -0.1) is 0 Å². The summed E-state index contributed by atoms with van der Waals surface area (Å²) in [5, 5.41) is 3.59. The molecule has 1 heterocycles. The molecule has 0 saturated heterocycles. The lowest BCUT2D eigenvalue weighted by Gasteiger charge is -2.44. The summed E-state index contributed by atoms with van der Waals surface area (Å²) in [6.45, 7) is 0.0519. The van der Waals surface area contributed by atoms with E-state index in [0.29, 0.717) is 17.2 Å². The van der Waals surface area contributed by atoms with E-state index < -0.39 is 6.17 Å². The smallest absolute Gasteiger partial charge is 0.248 e. The molecule has 4 rings (SSSR count). The number of amides is 1. The van der Waals surface area contributed by atoms with Gasteiger partial charge in [0.2, 0.25) is 11.7 Å². The Hall–Kier alpha value is -3.27. The molecule has 0 radical (unpaired) electrons. The number of nitrogens with zero attached hydrogens (tertiary/aromatic N) is 1. The molecule has 34 heavy (non-hydrogen) atoms. The van der Waals surface area contributed by atoms with Gasteiger partial charge in [0, 0.05) is 10.2 Å². The van der Waals surface area contributed by atoms with Crippen molar-refractivity contribution in [1.82, 2.24) is 10.3 Å². The molecule has 8 nitrogen and oxygen atoms in total. The minimum Gasteiger partial charge on any atom is -0.493 e. The number of carbonyl (C=O) groups is 1. The number of halogens is 1. The van der Waals surface area contributed by atoms with Gasteiger partial charge in [-0.2, -0.15) is 0 Å². The average Bonchev–Trinajstić information content (AvgIpc) is 2.87. The van der Waals surface area contributed by atoms with E-state index in [2.05, 4.69) is 49.8 Å². The maximum absolute atomic E-state index is 12.6. The fraction of sp³-hybridized carbons (Fsp3) is 0.240. The van der Waals surface area contributed by atoms with E-state index in [1.54, 1.807) is 21.3 Å². The van der Waals surface area contributed by atoms with E-state index in [1.807, 2.05) is 42.5 Å². The molecule has 1 aliphatic heterocycles. The predicted octanol–water partition coefficient (Wildman–Crippen LogP) is 3.98. The van der Waals surface area contributed by atoms with Gasteiger partial charge in [-0.05, 0) is 47.0 Å². The maximum atomic E-state index is 12.6. The van der Waals surface area contributed by atoms with Crippen LogP contribution in [0.2, 0.25) is 0 Å². The Morgan fingerprint density at radius 3 is 2.26 bits per heavy atom. The molecule has 3 aromatic rings. The molecule has 0 spiro atoms. The Bertz CT molecular complexity index is 1150. The Balaban J connectivity index is 1.93. The average molecular weight is 527 g/mol. The van der Waals surface area contributed by atoms with Crippen molar-refractivity contribution in [3.05, 3.63) is 81.8 Å². The van der Waals surface area contributed by atoms with E-state index >= 15 is 0 Å². The number of benzene rings is 3. The van der Waals surface area contributed by atoms with Gasteiger partial charge >= 0.3 is 0 Å². The van der Waals surface area contributed by atoms with E-state index in [-0.39, 0.29) is 18.5 Å². The molecule has 1 aliphatic rings. The molecule has 178 valence electrons. The van der Waals surface area contributed by atoms with Crippen LogP contribution in [0.25, 0.3) is 0 Å². The molecular weight excluding hydrogens is 500 g/mol. The van der Waals surface area contributed by atoms with Gasteiger partial charge < -0.3 is 19.5 Å². The molecule has 0 unspecified atom stereocenters. The Kier molecular flexibility index (Phi) is 7.26. The SMILES string of the molecule is COc1cc([C@@H]2Nc3ccc(Br)cc3[C@@H](c3ccccc3)N2CC(=O)NN)cc(OC)c1OC. The first-order valence-electron chi connectivity index (χ1n) is 10.7. The largest absolute Gasteiger partial charge is 0.493 e. The molecule has 0 fully saturated rings. The molecule has 1 amide bonds. The summed E-state index contributed by atoms with van der Waals surface area (Å²) >= 11 is 3.60. The van der Waals surface area contributed by atoms with Gasteiger partial charge in [0.05, 0.1) is 33.9 Å². The van der Waals surface area contributed by atoms with Crippen LogP contribution in [0.15, 0.2) is 65.1 Å². The zero-order valence-electron chi connectivity index (χ0n) is 19.2. The van der Waals surface area contributed by atoms with Crippen LogP contribution in [0.5, 0.6) is 17.2 Å². The molecule has 9 heteroatoms. The monoisotopic (exact) mass is 526 g/mol. The number of methoxy groups -OCH3 is 3. The fourth-order valence-electron chi connectivity index (χ4n) is 4.38. The molecular formula is C25H27BrN4O4. The fourth-order valence-corrected chi connectivity index (χ4v) is 4.76. The van der Waals surface area contributed by atoms with E-state index in [1.165, 1.54) is 0 Å². The predicted molar refractivity (Wildman–Crippen MR) is 134 cm³/mol. The van der Waals surface area contributed by atoms with Crippen LogP contribution in [0, 0.1) is 0 Å². The third-order valence-corrected chi connectivity index (χ3v) is 6.36. The molecule has 4 N–H and O–H groups in total. The van der Waals surface area contributed by atoms with E-state index in [4.69, 9.17) is 20.1 Å². The number of rotatable bonds is 7. The van der Waals surface area contributed by atoms with Gasteiger partial charge in [0.25, 0.3) is 0 Å². The number of fused-ring (bicyclic) bond motifs is 1. The first-order chi connectivity index (χ1) is 16.5. The normalized spacial score (nSPS) is 17.3. The topological polar surface area (TPSA) is 98.1 Å². The second-order valence-corrected chi connectivity index (χ2v) is 8.71. The van der Waals surface area contributed by atoms with Crippen LogP contribution in [-0.2, 0) is 4.79 Å². The molecule has 3 aromatic carbocycles. The number of nitrogens with two attached hydrogens (primary N) is 1. The van der Waals surface area contributed by atoms with Crippen molar-refractivity contribution in [3.8, 4) is 17.2 Å². The highest BCUT2D eigenvalue weighted by Gasteiger charge is 2.38. The van der Waals surface area contributed by atoms with Gasteiger partial charge in [-0.1, -0.05) is 46.3 Å². The second-order valence-electron chi connectivity index (χ2n) is 7.79. The summed E-state index contributed by atoms with van der Waals surface area (Å²) in [4.78, 5) is 14.6. The molecule has 0 aromatic heterocycles. The molecule has 2 atom stereocenters. The summed E-state index contributed by atoms with van der Waals surface area (Å²) in [6.07, 6.45) is -0.398. The first-order valence-corrected chi connectivity index (χ1v) is 11.5. The number of carbonyl (C=O) groups excluding carboxylic acids is 1. The van der Waals surface area contributed by atoms with Crippen molar-refractivity contribution in [3.63, 3.8) is 0 Å². The van der Waals surface area contributed by atoms with Crippen molar-refractivity contribution in [2.24, 2.45) is 5.84 Å². The van der Waals surface area contributed by atoms with Crippen LogP contribution in [0.3, 0.4) is 0 Å². The minimum atomic E-state index is -0.398. The summed E-state index contributed by atoms with van der Waals surface area (Å²) < 4.78 is 17.6.